The Labute approximate surface area is 151 Å². The van der Waals surface area contributed by atoms with Gasteiger partial charge in [-0.25, -0.2) is 0 Å². The molecule has 2 rings (SSSR count). The van der Waals surface area contributed by atoms with Gasteiger partial charge in [-0.3, -0.25) is 24.5 Å². The van der Waals surface area contributed by atoms with E-state index in [0.717, 1.165) is 0 Å². The minimum atomic E-state index is -1.28. The monoisotopic (exact) mass is 361 g/mol. The van der Waals surface area contributed by atoms with Crippen LogP contribution in [0.4, 0.5) is 0 Å². The van der Waals surface area contributed by atoms with Gasteiger partial charge in [-0.2, -0.15) is 0 Å². The SMILES string of the molecule is COc1ccc(C(CC(=O)C2C(=O)CC(C)(C)CC2=O)C[N+](=O)[O-])cc1. The topological polar surface area (TPSA) is 104 Å². The summed E-state index contributed by atoms with van der Waals surface area (Å²) in [4.78, 5) is 47.7. The Morgan fingerprint density at radius 1 is 1.23 bits per heavy atom. The molecule has 26 heavy (non-hydrogen) atoms. The quantitative estimate of drug-likeness (QED) is 0.420. The Kier molecular flexibility index (Phi) is 5.90. The van der Waals surface area contributed by atoms with E-state index in [-0.39, 0.29) is 30.8 Å². The average molecular weight is 361 g/mol. The summed E-state index contributed by atoms with van der Waals surface area (Å²) in [5, 5.41) is 11.0. The molecule has 1 aromatic rings. The fourth-order valence-corrected chi connectivity index (χ4v) is 3.45. The van der Waals surface area contributed by atoms with E-state index >= 15 is 0 Å². The molecule has 7 heteroatoms. The number of Topliss-reactive ketones (excluding diaryl/α,β-unsaturated/α-hetero) is 3. The van der Waals surface area contributed by atoms with E-state index in [0.29, 0.717) is 11.3 Å². The van der Waals surface area contributed by atoms with E-state index < -0.39 is 34.5 Å². The summed E-state index contributed by atoms with van der Waals surface area (Å²) in [7, 11) is 1.51. The largest absolute Gasteiger partial charge is 0.497 e. The Bertz CT molecular complexity index is 702. The molecule has 0 bridgehead atoms. The maximum atomic E-state index is 12.6. The molecule has 0 spiro atoms. The molecule has 0 aromatic heterocycles. The Morgan fingerprint density at radius 2 is 1.77 bits per heavy atom. The normalized spacial score (nSPS) is 18.4. The number of hydrogen-bond acceptors (Lipinski definition) is 6. The molecular weight excluding hydrogens is 338 g/mol. The molecule has 1 saturated carbocycles. The lowest BCUT2D eigenvalue weighted by Crippen LogP contribution is -2.42. The number of nitrogens with zero attached hydrogens (tertiary/aromatic N) is 1. The number of carbonyl (C=O) groups excluding carboxylic acids is 3. The summed E-state index contributed by atoms with van der Waals surface area (Å²) in [6.45, 7) is 3.19. The first-order chi connectivity index (χ1) is 12.1. The summed E-state index contributed by atoms with van der Waals surface area (Å²) in [5.41, 5.74) is 0.160. The van der Waals surface area contributed by atoms with Crippen molar-refractivity contribution >= 4 is 17.3 Å². The third kappa shape index (κ3) is 4.74. The molecule has 0 aliphatic heterocycles. The Morgan fingerprint density at radius 3 is 2.23 bits per heavy atom. The van der Waals surface area contributed by atoms with Crippen LogP contribution in [0.3, 0.4) is 0 Å². The summed E-state index contributed by atoms with van der Waals surface area (Å²) in [5.74, 6) is -2.68. The van der Waals surface area contributed by atoms with Gasteiger partial charge in [0.25, 0.3) is 0 Å². The highest BCUT2D eigenvalue weighted by molar-refractivity contribution is 6.21. The highest BCUT2D eigenvalue weighted by atomic mass is 16.6. The van der Waals surface area contributed by atoms with Crippen LogP contribution in [0.15, 0.2) is 24.3 Å². The van der Waals surface area contributed by atoms with Gasteiger partial charge in [-0.05, 0) is 23.1 Å². The second kappa shape index (κ2) is 7.76. The molecule has 0 N–H and O–H groups in total. The van der Waals surface area contributed by atoms with Gasteiger partial charge in [0, 0.05) is 24.2 Å². The zero-order chi connectivity index (χ0) is 19.5. The maximum Gasteiger partial charge on any atom is 0.211 e. The molecule has 0 saturated heterocycles. The highest BCUT2D eigenvalue weighted by Crippen LogP contribution is 2.35. The van der Waals surface area contributed by atoms with Crippen molar-refractivity contribution in [3.8, 4) is 5.75 Å². The minimum absolute atomic E-state index is 0.164. The van der Waals surface area contributed by atoms with Crippen LogP contribution in [0.1, 0.15) is 44.6 Å². The summed E-state index contributed by atoms with van der Waals surface area (Å²) >= 11 is 0. The number of methoxy groups -OCH3 is 1. The van der Waals surface area contributed by atoms with E-state index in [1.807, 2.05) is 13.8 Å². The minimum Gasteiger partial charge on any atom is -0.497 e. The summed E-state index contributed by atoms with van der Waals surface area (Å²) in [6, 6.07) is 6.64. The van der Waals surface area contributed by atoms with Gasteiger partial charge in [0.1, 0.15) is 11.7 Å². The molecule has 7 nitrogen and oxygen atoms in total. The van der Waals surface area contributed by atoms with Gasteiger partial charge in [0.15, 0.2) is 17.3 Å². The molecule has 0 radical (unpaired) electrons. The second-order valence-electron chi connectivity index (χ2n) is 7.54. The first kappa shape index (κ1) is 19.8. The van der Waals surface area contributed by atoms with Crippen LogP contribution in [0.2, 0.25) is 0 Å². The van der Waals surface area contributed by atoms with Crippen LogP contribution in [0.5, 0.6) is 5.75 Å². The predicted octanol–water partition coefficient (Wildman–Crippen LogP) is 2.59. The third-order valence-electron chi connectivity index (χ3n) is 4.68. The predicted molar refractivity (Wildman–Crippen MR) is 93.7 cm³/mol. The van der Waals surface area contributed by atoms with E-state index in [9.17, 15) is 24.5 Å². The number of hydrogen-bond donors (Lipinski definition) is 0. The molecule has 1 aliphatic carbocycles. The standard InChI is InChI=1S/C19H23NO6/c1-19(2)9-16(22)18(17(23)10-19)15(21)8-13(11-20(24)25)12-4-6-14(26-3)7-5-12/h4-7,13,18H,8-11H2,1-3H3. The van der Waals surface area contributed by atoms with E-state index in [2.05, 4.69) is 0 Å². The molecule has 1 atom stereocenters. The molecule has 1 fully saturated rings. The molecule has 1 aromatic carbocycles. The second-order valence-corrected chi connectivity index (χ2v) is 7.54. The van der Waals surface area contributed by atoms with Gasteiger partial charge in [-0.1, -0.05) is 26.0 Å². The number of nitro groups is 1. The van der Waals surface area contributed by atoms with Gasteiger partial charge in [0.05, 0.1) is 13.0 Å². The van der Waals surface area contributed by atoms with Crippen molar-refractivity contribution in [1.82, 2.24) is 0 Å². The lowest BCUT2D eigenvalue weighted by Gasteiger charge is -2.31. The van der Waals surface area contributed by atoms with Crippen LogP contribution in [-0.2, 0) is 14.4 Å². The van der Waals surface area contributed by atoms with Crippen molar-refractivity contribution in [2.45, 2.75) is 39.0 Å². The van der Waals surface area contributed by atoms with Crippen LogP contribution in [-0.4, -0.2) is 35.9 Å². The molecular formula is C19H23NO6. The third-order valence-corrected chi connectivity index (χ3v) is 4.68. The fraction of sp³-hybridized carbons (Fsp3) is 0.526. The van der Waals surface area contributed by atoms with Crippen LogP contribution >= 0.6 is 0 Å². The highest BCUT2D eigenvalue weighted by Gasteiger charge is 2.43. The van der Waals surface area contributed by atoms with Crippen molar-refractivity contribution in [3.63, 3.8) is 0 Å². The van der Waals surface area contributed by atoms with Crippen LogP contribution in [0, 0.1) is 21.4 Å². The van der Waals surface area contributed by atoms with Crippen molar-refractivity contribution < 1.29 is 24.0 Å². The van der Waals surface area contributed by atoms with E-state index in [4.69, 9.17) is 4.74 Å². The average Bonchev–Trinajstić information content (AvgIpc) is 2.52. The number of rotatable bonds is 7. The summed E-state index contributed by atoms with van der Waals surface area (Å²) < 4.78 is 5.06. The van der Waals surface area contributed by atoms with Crippen molar-refractivity contribution in [3.05, 3.63) is 39.9 Å². The molecule has 0 heterocycles. The van der Waals surface area contributed by atoms with Crippen LogP contribution < -0.4 is 4.74 Å². The Balaban J connectivity index is 2.19. The number of benzene rings is 1. The molecule has 1 unspecified atom stereocenters. The molecule has 1 aliphatic rings. The number of carbonyl (C=O) groups is 3. The van der Waals surface area contributed by atoms with E-state index in [1.165, 1.54) is 7.11 Å². The summed E-state index contributed by atoms with van der Waals surface area (Å²) in [6.07, 6.45) is 0.116. The molecule has 0 amide bonds. The fourth-order valence-electron chi connectivity index (χ4n) is 3.45. The van der Waals surface area contributed by atoms with Gasteiger partial charge in [-0.15, -0.1) is 0 Å². The first-order valence-electron chi connectivity index (χ1n) is 8.47. The van der Waals surface area contributed by atoms with Crippen molar-refractivity contribution in [2.75, 3.05) is 13.7 Å². The zero-order valence-electron chi connectivity index (χ0n) is 15.2. The lowest BCUT2D eigenvalue weighted by molar-refractivity contribution is -0.483. The first-order valence-corrected chi connectivity index (χ1v) is 8.47. The number of ketones is 3. The van der Waals surface area contributed by atoms with Crippen molar-refractivity contribution in [1.29, 1.82) is 0 Å². The Hall–Kier alpha value is -2.57. The van der Waals surface area contributed by atoms with Crippen molar-refractivity contribution in [2.24, 2.45) is 11.3 Å². The molecule has 140 valence electrons. The van der Waals surface area contributed by atoms with Gasteiger partial charge >= 0.3 is 0 Å². The number of ether oxygens (including phenoxy) is 1. The smallest absolute Gasteiger partial charge is 0.211 e. The van der Waals surface area contributed by atoms with Gasteiger partial charge in [0.2, 0.25) is 6.54 Å². The van der Waals surface area contributed by atoms with E-state index in [1.54, 1.807) is 24.3 Å². The van der Waals surface area contributed by atoms with Gasteiger partial charge < -0.3 is 4.74 Å². The maximum absolute atomic E-state index is 12.6. The van der Waals surface area contributed by atoms with Crippen LogP contribution in [0.25, 0.3) is 0 Å². The lowest BCUT2D eigenvalue weighted by atomic mass is 9.69. The zero-order valence-corrected chi connectivity index (χ0v) is 15.2.